The first-order valence-electron chi connectivity index (χ1n) is 7.87. The Hall–Kier alpha value is -3.19. The van der Waals surface area contributed by atoms with Gasteiger partial charge in [0.1, 0.15) is 6.04 Å². The van der Waals surface area contributed by atoms with E-state index >= 15 is 0 Å². The molecule has 2 aromatic carbocycles. The molecule has 1 aromatic heterocycles. The number of fused-ring (bicyclic) bond motifs is 3. The lowest BCUT2D eigenvalue weighted by atomic mass is 9.90. The molecule has 0 radical (unpaired) electrons. The molecule has 2 heterocycles. The van der Waals surface area contributed by atoms with Crippen molar-refractivity contribution >= 4 is 22.6 Å². The molecule has 1 aliphatic rings. The molecule has 126 valence electrons. The smallest absolute Gasteiger partial charge is 0.321 e. The lowest BCUT2D eigenvalue weighted by Crippen LogP contribution is -2.44. The fraction of sp³-hybridized carbons (Fsp3) is 0.167. The van der Waals surface area contributed by atoms with Crippen LogP contribution in [0.3, 0.4) is 0 Å². The Labute approximate surface area is 142 Å². The van der Waals surface area contributed by atoms with Crippen LogP contribution in [0.2, 0.25) is 0 Å². The topological polar surface area (TPSA) is 108 Å². The van der Waals surface area contributed by atoms with E-state index in [4.69, 9.17) is 0 Å². The highest BCUT2D eigenvalue weighted by atomic mass is 16.6. The number of nitrogens with one attached hydrogen (secondary N) is 2. The van der Waals surface area contributed by atoms with Crippen molar-refractivity contribution in [2.75, 3.05) is 0 Å². The van der Waals surface area contributed by atoms with Crippen LogP contribution in [0, 0.1) is 10.1 Å². The van der Waals surface area contributed by atoms with Crippen molar-refractivity contribution in [2.24, 2.45) is 0 Å². The van der Waals surface area contributed by atoms with Gasteiger partial charge in [-0.25, -0.2) is 0 Å². The summed E-state index contributed by atoms with van der Waals surface area (Å²) >= 11 is 0. The molecule has 0 amide bonds. The maximum Gasteiger partial charge on any atom is 0.321 e. The van der Waals surface area contributed by atoms with E-state index in [9.17, 15) is 20.0 Å². The zero-order valence-corrected chi connectivity index (χ0v) is 13.1. The van der Waals surface area contributed by atoms with Gasteiger partial charge in [0.15, 0.2) is 0 Å². The lowest BCUT2D eigenvalue weighted by Gasteiger charge is -2.29. The number of benzene rings is 2. The number of hydrogen-bond donors (Lipinski definition) is 3. The van der Waals surface area contributed by atoms with Gasteiger partial charge < -0.3 is 10.1 Å². The largest absolute Gasteiger partial charge is 0.480 e. The highest BCUT2D eigenvalue weighted by Gasteiger charge is 2.34. The van der Waals surface area contributed by atoms with Crippen molar-refractivity contribution in [3.63, 3.8) is 0 Å². The minimum atomic E-state index is -0.939. The van der Waals surface area contributed by atoms with Crippen molar-refractivity contribution in [1.82, 2.24) is 10.3 Å². The van der Waals surface area contributed by atoms with Gasteiger partial charge in [-0.2, -0.15) is 0 Å². The SMILES string of the molecule is O=C(O)C1Cc2c([nH]c3ccccc23)C(c2cccc([N+](=O)[O-])c2)N1. The number of nitrogens with zero attached hydrogens (tertiary/aromatic N) is 1. The number of aliphatic carboxylic acids is 1. The molecule has 3 N–H and O–H groups in total. The molecule has 2 atom stereocenters. The van der Waals surface area contributed by atoms with Gasteiger partial charge in [-0.05, 0) is 17.2 Å². The molecule has 0 bridgehead atoms. The molecule has 0 fully saturated rings. The highest BCUT2D eigenvalue weighted by molar-refractivity contribution is 5.87. The fourth-order valence-electron chi connectivity index (χ4n) is 3.47. The summed E-state index contributed by atoms with van der Waals surface area (Å²) in [7, 11) is 0. The minimum Gasteiger partial charge on any atom is -0.480 e. The molecule has 1 aliphatic heterocycles. The summed E-state index contributed by atoms with van der Waals surface area (Å²) in [6, 6.07) is 12.8. The van der Waals surface area contributed by atoms with E-state index in [0.717, 1.165) is 22.2 Å². The summed E-state index contributed by atoms with van der Waals surface area (Å²) in [4.78, 5) is 25.6. The summed E-state index contributed by atoms with van der Waals surface area (Å²) in [5.74, 6) is -0.939. The predicted octanol–water partition coefficient (Wildman–Crippen LogP) is 2.76. The van der Waals surface area contributed by atoms with Crippen LogP contribution in [0.15, 0.2) is 48.5 Å². The average molecular weight is 337 g/mol. The Balaban J connectivity index is 1.89. The number of nitro benzene ring substituents is 1. The molecule has 3 aromatic rings. The maximum absolute atomic E-state index is 11.6. The number of aromatic amines is 1. The van der Waals surface area contributed by atoms with Gasteiger partial charge in [-0.1, -0.05) is 30.3 Å². The number of H-pyrrole nitrogens is 1. The predicted molar refractivity (Wildman–Crippen MR) is 91.5 cm³/mol. The first-order valence-corrected chi connectivity index (χ1v) is 7.87. The van der Waals surface area contributed by atoms with Gasteiger partial charge in [0, 0.05) is 35.2 Å². The molecule has 0 saturated carbocycles. The summed E-state index contributed by atoms with van der Waals surface area (Å²) in [6.07, 6.45) is 0.361. The summed E-state index contributed by atoms with van der Waals surface area (Å²) < 4.78 is 0. The van der Waals surface area contributed by atoms with Crippen LogP contribution in [0.1, 0.15) is 22.9 Å². The molecular weight excluding hydrogens is 322 g/mol. The zero-order chi connectivity index (χ0) is 17.6. The van der Waals surface area contributed by atoms with Gasteiger partial charge in [0.05, 0.1) is 11.0 Å². The molecule has 0 aliphatic carbocycles. The van der Waals surface area contributed by atoms with Crippen LogP contribution < -0.4 is 5.32 Å². The Morgan fingerprint density at radius 1 is 1.20 bits per heavy atom. The van der Waals surface area contributed by atoms with Crippen LogP contribution in [0.5, 0.6) is 0 Å². The molecule has 0 spiro atoms. The van der Waals surface area contributed by atoms with Crippen molar-refractivity contribution in [1.29, 1.82) is 0 Å². The second kappa shape index (κ2) is 5.71. The summed E-state index contributed by atoms with van der Waals surface area (Å²) in [5.41, 5.74) is 3.37. The van der Waals surface area contributed by atoms with E-state index in [1.54, 1.807) is 12.1 Å². The number of para-hydroxylation sites is 1. The molecule has 0 saturated heterocycles. The second-order valence-corrected chi connectivity index (χ2v) is 6.11. The Bertz CT molecular complexity index is 995. The normalized spacial score (nSPS) is 19.5. The van der Waals surface area contributed by atoms with Gasteiger partial charge >= 0.3 is 5.97 Å². The maximum atomic E-state index is 11.6. The molecule has 7 nitrogen and oxygen atoms in total. The molecule has 25 heavy (non-hydrogen) atoms. The third-order valence-electron chi connectivity index (χ3n) is 4.62. The van der Waals surface area contributed by atoms with Gasteiger partial charge in [-0.15, -0.1) is 0 Å². The number of rotatable bonds is 3. The first kappa shape index (κ1) is 15.3. The monoisotopic (exact) mass is 337 g/mol. The van der Waals surface area contributed by atoms with Crippen LogP contribution in [0.4, 0.5) is 5.69 Å². The standard InChI is InChI=1S/C18H15N3O4/c22-18(23)15-9-13-12-6-1-2-7-14(12)19-17(13)16(20-15)10-4-3-5-11(8-10)21(24)25/h1-8,15-16,19-20H,9H2,(H,22,23). The highest BCUT2D eigenvalue weighted by Crippen LogP contribution is 2.35. The molecular formula is C18H15N3O4. The van der Waals surface area contributed by atoms with Gasteiger partial charge in [-0.3, -0.25) is 20.2 Å². The number of nitro groups is 1. The summed E-state index contributed by atoms with van der Waals surface area (Å²) in [6.45, 7) is 0. The minimum absolute atomic E-state index is 0.0191. The van der Waals surface area contributed by atoms with Gasteiger partial charge in [0.25, 0.3) is 5.69 Å². The Morgan fingerprint density at radius 2 is 2.00 bits per heavy atom. The van der Waals surface area contributed by atoms with Crippen LogP contribution in [0.25, 0.3) is 10.9 Å². The van der Waals surface area contributed by atoms with E-state index < -0.39 is 23.0 Å². The zero-order valence-electron chi connectivity index (χ0n) is 13.1. The third-order valence-corrected chi connectivity index (χ3v) is 4.62. The second-order valence-electron chi connectivity index (χ2n) is 6.11. The number of aromatic nitrogens is 1. The lowest BCUT2D eigenvalue weighted by molar-refractivity contribution is -0.384. The number of non-ortho nitro benzene ring substituents is 1. The fourth-order valence-corrected chi connectivity index (χ4v) is 3.47. The quantitative estimate of drug-likeness (QED) is 0.503. The number of carboxylic acid groups (broad SMARTS) is 1. The Kier molecular flexibility index (Phi) is 3.51. The number of hydrogen-bond acceptors (Lipinski definition) is 4. The molecule has 7 heteroatoms. The van der Waals surface area contributed by atoms with Crippen molar-refractivity contribution in [3.8, 4) is 0 Å². The van der Waals surface area contributed by atoms with Crippen molar-refractivity contribution < 1.29 is 14.8 Å². The summed E-state index contributed by atoms with van der Waals surface area (Å²) in [5, 5.41) is 24.7. The van der Waals surface area contributed by atoms with Crippen molar-refractivity contribution in [2.45, 2.75) is 18.5 Å². The van der Waals surface area contributed by atoms with E-state index in [-0.39, 0.29) is 5.69 Å². The van der Waals surface area contributed by atoms with Gasteiger partial charge in [0.2, 0.25) is 0 Å². The van der Waals surface area contributed by atoms with Crippen molar-refractivity contribution in [3.05, 3.63) is 75.5 Å². The van der Waals surface area contributed by atoms with E-state index in [1.807, 2.05) is 24.3 Å². The van der Waals surface area contributed by atoms with Crippen LogP contribution in [-0.4, -0.2) is 27.0 Å². The number of carboxylic acids is 1. The van der Waals surface area contributed by atoms with Crippen LogP contribution >= 0.6 is 0 Å². The Morgan fingerprint density at radius 3 is 2.76 bits per heavy atom. The molecule has 4 rings (SSSR count). The number of carbonyl (C=O) groups is 1. The van der Waals surface area contributed by atoms with E-state index in [1.165, 1.54) is 12.1 Å². The van der Waals surface area contributed by atoms with Crippen LogP contribution in [-0.2, 0) is 11.2 Å². The third kappa shape index (κ3) is 2.54. The van der Waals surface area contributed by atoms with E-state index in [0.29, 0.717) is 12.0 Å². The van der Waals surface area contributed by atoms with E-state index in [2.05, 4.69) is 10.3 Å². The average Bonchev–Trinajstić information content (AvgIpc) is 2.99. The first-order chi connectivity index (χ1) is 12.0. The molecule has 2 unspecified atom stereocenters.